The minimum absolute atomic E-state index is 0.00225. The predicted octanol–water partition coefficient (Wildman–Crippen LogP) is 2.90. The molecule has 7 heteroatoms. The number of anilines is 1. The third-order valence-corrected chi connectivity index (χ3v) is 4.38. The summed E-state index contributed by atoms with van der Waals surface area (Å²) in [5.41, 5.74) is 7.45. The zero-order valence-electron chi connectivity index (χ0n) is 14.6. The van der Waals surface area contributed by atoms with Crippen LogP contribution >= 0.6 is 11.6 Å². The number of nitrogens with two attached hydrogens (primary N) is 1. The van der Waals surface area contributed by atoms with Crippen LogP contribution in [0.15, 0.2) is 35.0 Å². The summed E-state index contributed by atoms with van der Waals surface area (Å²) in [6.07, 6.45) is 1.42. The Kier molecular flexibility index (Phi) is 6.99. The minimum Gasteiger partial charge on any atom is -0.393 e. The first kappa shape index (κ1) is 19.4. The number of benzene rings is 1. The average Bonchev–Trinajstić information content (AvgIpc) is 2.61. The fourth-order valence-electron chi connectivity index (χ4n) is 2.59. The summed E-state index contributed by atoms with van der Waals surface area (Å²) in [6, 6.07) is 7.43. The van der Waals surface area contributed by atoms with Crippen LogP contribution in [0.2, 0.25) is 0 Å². The molecular formula is C18H25ClN4O2. The molecule has 0 aromatic heterocycles. The van der Waals surface area contributed by atoms with Gasteiger partial charge in [-0.15, -0.1) is 0 Å². The van der Waals surface area contributed by atoms with Crippen molar-refractivity contribution in [3.63, 3.8) is 0 Å². The molecule has 6 nitrogen and oxygen atoms in total. The molecule has 1 saturated heterocycles. The van der Waals surface area contributed by atoms with Gasteiger partial charge in [-0.25, -0.2) is 0 Å². The van der Waals surface area contributed by atoms with E-state index in [9.17, 15) is 4.79 Å². The van der Waals surface area contributed by atoms with Crippen molar-refractivity contribution in [1.29, 1.82) is 5.41 Å². The predicted molar refractivity (Wildman–Crippen MR) is 101 cm³/mol. The second-order valence-corrected chi connectivity index (χ2v) is 6.50. The largest absolute Gasteiger partial charge is 0.393 e. The SMILES string of the molecule is CCCC(=N)/C(Cl)=C(\N)C(=O)Nc1ccc([C@H]2CNC[C@@H](C)O2)cc1. The van der Waals surface area contributed by atoms with Crippen molar-refractivity contribution in [2.24, 2.45) is 5.73 Å². The number of hydrogen-bond acceptors (Lipinski definition) is 5. The first-order chi connectivity index (χ1) is 11.9. The molecule has 1 fully saturated rings. The van der Waals surface area contributed by atoms with Crippen molar-refractivity contribution in [2.75, 3.05) is 18.4 Å². The van der Waals surface area contributed by atoms with Gasteiger partial charge in [-0.05, 0) is 31.0 Å². The Bertz CT molecular complexity index is 658. The van der Waals surface area contributed by atoms with Gasteiger partial charge in [0.1, 0.15) is 5.70 Å². The van der Waals surface area contributed by atoms with Crippen LogP contribution in [0, 0.1) is 5.41 Å². The molecule has 0 aliphatic carbocycles. The van der Waals surface area contributed by atoms with E-state index >= 15 is 0 Å². The average molecular weight is 365 g/mol. The van der Waals surface area contributed by atoms with Crippen LogP contribution in [0.5, 0.6) is 0 Å². The van der Waals surface area contributed by atoms with E-state index in [1.165, 1.54) is 0 Å². The van der Waals surface area contributed by atoms with Gasteiger partial charge in [0.25, 0.3) is 5.91 Å². The van der Waals surface area contributed by atoms with E-state index in [4.69, 9.17) is 27.5 Å². The summed E-state index contributed by atoms with van der Waals surface area (Å²) in [6.45, 7) is 5.58. The highest BCUT2D eigenvalue weighted by Gasteiger charge is 2.20. The maximum Gasteiger partial charge on any atom is 0.273 e. The Hall–Kier alpha value is -1.89. The molecule has 1 aliphatic rings. The van der Waals surface area contributed by atoms with Crippen molar-refractivity contribution in [1.82, 2.24) is 5.32 Å². The summed E-state index contributed by atoms with van der Waals surface area (Å²) in [4.78, 5) is 12.2. The van der Waals surface area contributed by atoms with Gasteiger partial charge in [0.2, 0.25) is 0 Å². The normalized spacial score (nSPS) is 21.4. The van der Waals surface area contributed by atoms with Crippen molar-refractivity contribution < 1.29 is 9.53 Å². The molecule has 0 saturated carbocycles. The lowest BCUT2D eigenvalue weighted by atomic mass is 10.1. The lowest BCUT2D eigenvalue weighted by Crippen LogP contribution is -2.38. The topological polar surface area (TPSA) is 100 Å². The van der Waals surface area contributed by atoms with Crippen molar-refractivity contribution in [3.8, 4) is 0 Å². The smallest absolute Gasteiger partial charge is 0.273 e. The number of carbonyl (C=O) groups excluding carboxylic acids is 1. The zero-order chi connectivity index (χ0) is 18.4. The van der Waals surface area contributed by atoms with Crippen LogP contribution in [-0.4, -0.2) is 30.8 Å². The lowest BCUT2D eigenvalue weighted by molar-refractivity contribution is -0.112. The van der Waals surface area contributed by atoms with Crippen LogP contribution in [0.3, 0.4) is 0 Å². The lowest BCUT2D eigenvalue weighted by Gasteiger charge is -2.29. The van der Waals surface area contributed by atoms with E-state index < -0.39 is 5.91 Å². The second kappa shape index (κ2) is 8.99. The molecule has 1 aromatic rings. The minimum atomic E-state index is -0.511. The van der Waals surface area contributed by atoms with Crippen LogP contribution < -0.4 is 16.4 Å². The highest BCUT2D eigenvalue weighted by Crippen LogP contribution is 2.23. The van der Waals surface area contributed by atoms with Gasteiger partial charge in [0.05, 0.1) is 23.0 Å². The Morgan fingerprint density at radius 2 is 2.08 bits per heavy atom. The number of nitrogens with one attached hydrogen (secondary N) is 3. The van der Waals surface area contributed by atoms with E-state index in [-0.39, 0.29) is 28.6 Å². The van der Waals surface area contributed by atoms with Gasteiger partial charge in [0, 0.05) is 18.8 Å². The van der Waals surface area contributed by atoms with Gasteiger partial charge in [0.15, 0.2) is 0 Å². The maximum atomic E-state index is 12.2. The molecule has 25 heavy (non-hydrogen) atoms. The molecule has 1 heterocycles. The van der Waals surface area contributed by atoms with E-state index in [1.54, 1.807) is 12.1 Å². The Morgan fingerprint density at radius 1 is 1.40 bits per heavy atom. The van der Waals surface area contributed by atoms with E-state index in [0.29, 0.717) is 12.1 Å². The number of halogens is 1. The summed E-state index contributed by atoms with van der Waals surface area (Å²) in [5.74, 6) is -0.511. The van der Waals surface area contributed by atoms with Crippen LogP contribution in [0.1, 0.15) is 38.4 Å². The molecule has 5 N–H and O–H groups in total. The summed E-state index contributed by atoms with van der Waals surface area (Å²) < 4.78 is 5.89. The number of allylic oxidation sites excluding steroid dienone is 1. The number of morpholine rings is 1. The molecule has 0 unspecified atom stereocenters. The number of ether oxygens (including phenoxy) is 1. The summed E-state index contributed by atoms with van der Waals surface area (Å²) in [5, 5.41) is 13.8. The Labute approximate surface area is 153 Å². The molecular weight excluding hydrogens is 340 g/mol. The van der Waals surface area contributed by atoms with Gasteiger partial charge < -0.3 is 26.5 Å². The molecule has 1 aromatic carbocycles. The summed E-state index contributed by atoms with van der Waals surface area (Å²) >= 11 is 6.01. The highest BCUT2D eigenvalue weighted by molar-refractivity contribution is 6.45. The third kappa shape index (κ3) is 5.29. The van der Waals surface area contributed by atoms with E-state index in [0.717, 1.165) is 25.1 Å². The first-order valence-electron chi connectivity index (χ1n) is 8.42. The number of carbonyl (C=O) groups is 1. The monoisotopic (exact) mass is 364 g/mol. The Morgan fingerprint density at radius 3 is 2.68 bits per heavy atom. The van der Waals surface area contributed by atoms with Crippen molar-refractivity contribution in [2.45, 2.75) is 38.9 Å². The maximum absolute atomic E-state index is 12.2. The van der Waals surface area contributed by atoms with Crippen molar-refractivity contribution in [3.05, 3.63) is 40.6 Å². The molecule has 0 bridgehead atoms. The molecule has 2 atom stereocenters. The van der Waals surface area contributed by atoms with Crippen LogP contribution in [-0.2, 0) is 9.53 Å². The standard InChI is InChI=1S/C18H25ClN4O2/c1-3-4-14(20)16(19)17(21)18(24)23-13-7-5-12(6-8-13)15-10-22-9-11(2)25-15/h5-8,11,15,20,22H,3-4,9-10,21H2,1-2H3,(H,23,24)/b17-16+,20-14?/t11-,15-/m1/s1. The first-order valence-corrected chi connectivity index (χ1v) is 8.80. The molecule has 136 valence electrons. The van der Waals surface area contributed by atoms with Crippen molar-refractivity contribution >= 4 is 28.9 Å². The molecule has 1 aliphatic heterocycles. The van der Waals surface area contributed by atoms with Crippen LogP contribution in [0.4, 0.5) is 5.69 Å². The second-order valence-electron chi connectivity index (χ2n) is 6.13. The molecule has 1 amide bonds. The number of amides is 1. The van der Waals surface area contributed by atoms with Gasteiger partial charge in [-0.2, -0.15) is 0 Å². The van der Waals surface area contributed by atoms with Crippen LogP contribution in [0.25, 0.3) is 0 Å². The fraction of sp³-hybridized carbons (Fsp3) is 0.444. The fourth-order valence-corrected chi connectivity index (χ4v) is 2.77. The number of rotatable bonds is 6. The quantitative estimate of drug-likeness (QED) is 0.460. The Balaban J connectivity index is 2.02. The third-order valence-electron chi connectivity index (χ3n) is 3.94. The zero-order valence-corrected chi connectivity index (χ0v) is 15.3. The molecule has 2 rings (SSSR count). The summed E-state index contributed by atoms with van der Waals surface area (Å²) in [7, 11) is 0. The number of hydrogen-bond donors (Lipinski definition) is 4. The van der Waals surface area contributed by atoms with Gasteiger partial charge in [-0.1, -0.05) is 37.1 Å². The molecule has 0 radical (unpaired) electrons. The van der Waals surface area contributed by atoms with E-state index in [1.807, 2.05) is 26.0 Å². The van der Waals surface area contributed by atoms with E-state index in [2.05, 4.69) is 10.6 Å². The highest BCUT2D eigenvalue weighted by atomic mass is 35.5. The van der Waals surface area contributed by atoms with Gasteiger partial charge in [-0.3, -0.25) is 4.79 Å². The van der Waals surface area contributed by atoms with Gasteiger partial charge >= 0.3 is 0 Å². The molecule has 0 spiro atoms.